The highest BCUT2D eigenvalue weighted by Crippen LogP contribution is 2.26. The number of benzene rings is 2. The summed E-state index contributed by atoms with van der Waals surface area (Å²) >= 11 is 0. The van der Waals surface area contributed by atoms with E-state index in [-0.39, 0.29) is 11.4 Å². The van der Waals surface area contributed by atoms with E-state index in [0.717, 1.165) is 0 Å². The molecule has 0 atom stereocenters. The Kier molecular flexibility index (Phi) is 4.45. The minimum absolute atomic E-state index is 0.175. The summed E-state index contributed by atoms with van der Waals surface area (Å²) in [7, 11) is 0. The second-order valence-corrected chi connectivity index (χ2v) is 6.19. The summed E-state index contributed by atoms with van der Waals surface area (Å²) in [6.07, 6.45) is 2.75. The van der Waals surface area contributed by atoms with Gasteiger partial charge in [-0.3, -0.25) is 10.8 Å². The van der Waals surface area contributed by atoms with Gasteiger partial charge >= 0.3 is 0 Å². The van der Waals surface area contributed by atoms with Crippen molar-refractivity contribution in [2.75, 3.05) is 22.9 Å². The first-order valence-electron chi connectivity index (χ1n) is 8.09. The largest absolute Gasteiger partial charge is 0.397 e. The molecule has 0 radical (unpaired) electrons. The summed E-state index contributed by atoms with van der Waals surface area (Å²) in [6.45, 7) is 0. The number of rotatable bonds is 0. The number of nitrogens with two attached hydrogens (primary N) is 6. The van der Waals surface area contributed by atoms with Crippen LogP contribution in [0.4, 0.5) is 22.7 Å². The molecule has 1 heterocycles. The van der Waals surface area contributed by atoms with Crippen LogP contribution in [0.5, 0.6) is 0 Å². The average Bonchev–Trinajstić information content (AvgIpc) is 2.62. The molecular weight excluding hydrogens is 356 g/mol. The van der Waals surface area contributed by atoms with Crippen molar-refractivity contribution in [3.05, 3.63) is 47.8 Å². The van der Waals surface area contributed by atoms with Gasteiger partial charge in [-0.25, -0.2) is 9.97 Å². The summed E-state index contributed by atoms with van der Waals surface area (Å²) in [5.74, 6) is 0. The van der Waals surface area contributed by atoms with Crippen molar-refractivity contribution >= 4 is 56.2 Å². The van der Waals surface area contributed by atoms with Crippen molar-refractivity contribution in [3.63, 3.8) is 0 Å². The third kappa shape index (κ3) is 3.46. The number of allylic oxidation sites excluding steroid dienone is 2. The standard InChI is InChI=1S/C12H12N6.C6H8N4/c13-5-1-9-10(2-6(5)14)18-12-4-8(16)7(15)3-11(12)17-9;7-3-1-4(8)6(10)2-5(3)9/h1-4H,13-16H2;1-2,7,10H,8-9H2. The van der Waals surface area contributed by atoms with E-state index in [1.54, 1.807) is 24.3 Å². The molecule has 0 amide bonds. The Bertz CT molecular complexity index is 1050. The Labute approximate surface area is 159 Å². The van der Waals surface area contributed by atoms with Gasteiger partial charge in [0.2, 0.25) is 0 Å². The molecule has 0 unspecified atom stereocenters. The second-order valence-electron chi connectivity index (χ2n) is 6.19. The molecule has 0 fully saturated rings. The van der Waals surface area contributed by atoms with E-state index in [0.29, 0.717) is 56.2 Å². The lowest BCUT2D eigenvalue weighted by Crippen LogP contribution is -2.21. The predicted octanol–water partition coefficient (Wildman–Crippen LogP) is 0.837. The van der Waals surface area contributed by atoms with Crippen LogP contribution in [0.15, 0.2) is 47.8 Å². The Morgan fingerprint density at radius 2 is 0.750 bits per heavy atom. The molecule has 14 N–H and O–H groups in total. The molecule has 0 saturated heterocycles. The van der Waals surface area contributed by atoms with Gasteiger partial charge < -0.3 is 34.4 Å². The van der Waals surface area contributed by atoms with E-state index in [2.05, 4.69) is 9.97 Å². The Morgan fingerprint density at radius 3 is 1.00 bits per heavy atom. The number of nitrogens with zero attached hydrogens (tertiary/aromatic N) is 2. The minimum atomic E-state index is 0.175. The number of nitrogen functional groups attached to an aromatic ring is 4. The maximum atomic E-state index is 7.17. The van der Waals surface area contributed by atoms with E-state index in [4.69, 9.17) is 45.2 Å². The molecule has 10 nitrogen and oxygen atoms in total. The monoisotopic (exact) mass is 376 g/mol. The van der Waals surface area contributed by atoms with Gasteiger partial charge in [0.1, 0.15) is 0 Å². The SMILES string of the molecule is N=C1C=C(N)C(=N)C=C1N.Nc1cc2nc3cc(N)c(N)cc3nc2cc1N. The van der Waals surface area contributed by atoms with Crippen molar-refractivity contribution in [1.29, 1.82) is 10.8 Å². The first-order chi connectivity index (χ1) is 13.2. The molecule has 0 bridgehead atoms. The maximum absolute atomic E-state index is 7.17. The first-order valence-corrected chi connectivity index (χ1v) is 8.09. The van der Waals surface area contributed by atoms with Crippen molar-refractivity contribution in [2.45, 2.75) is 0 Å². The molecule has 0 spiro atoms. The van der Waals surface area contributed by atoms with Crippen LogP contribution < -0.4 is 34.4 Å². The van der Waals surface area contributed by atoms with E-state index in [1.165, 1.54) is 12.2 Å². The molecule has 1 aliphatic carbocycles. The number of fused-ring (bicyclic) bond motifs is 2. The van der Waals surface area contributed by atoms with Gasteiger partial charge in [0.15, 0.2) is 0 Å². The van der Waals surface area contributed by atoms with Crippen molar-refractivity contribution < 1.29 is 0 Å². The van der Waals surface area contributed by atoms with Crippen molar-refractivity contribution in [3.8, 4) is 0 Å². The van der Waals surface area contributed by atoms with Crippen LogP contribution in [0.2, 0.25) is 0 Å². The molecule has 0 saturated carbocycles. The maximum Gasteiger partial charge on any atom is 0.0916 e. The summed E-state index contributed by atoms with van der Waals surface area (Å²) in [5.41, 5.74) is 39.2. The Balaban J connectivity index is 0.000000192. The second kappa shape index (κ2) is 6.76. The molecular formula is C18H20N10. The van der Waals surface area contributed by atoms with Crippen LogP contribution >= 0.6 is 0 Å². The molecule has 2 aromatic carbocycles. The highest BCUT2D eigenvalue weighted by atomic mass is 14.8. The zero-order chi connectivity index (χ0) is 20.6. The van der Waals surface area contributed by atoms with Crippen LogP contribution in [0.3, 0.4) is 0 Å². The molecule has 1 aliphatic rings. The molecule has 1 aromatic heterocycles. The zero-order valence-electron chi connectivity index (χ0n) is 14.8. The van der Waals surface area contributed by atoms with E-state index >= 15 is 0 Å². The van der Waals surface area contributed by atoms with Gasteiger partial charge in [0.05, 0.1) is 67.6 Å². The van der Waals surface area contributed by atoms with Gasteiger partial charge in [-0.15, -0.1) is 0 Å². The molecule has 142 valence electrons. The van der Waals surface area contributed by atoms with Crippen LogP contribution in [-0.2, 0) is 0 Å². The zero-order valence-corrected chi connectivity index (χ0v) is 14.8. The fraction of sp³-hybridized carbons (Fsp3) is 0. The molecule has 4 rings (SSSR count). The normalized spacial score (nSPS) is 13.7. The lowest BCUT2D eigenvalue weighted by Gasteiger charge is -2.07. The lowest BCUT2D eigenvalue weighted by molar-refractivity contribution is 1.34. The molecule has 10 heteroatoms. The lowest BCUT2D eigenvalue weighted by atomic mass is 10.1. The average molecular weight is 376 g/mol. The fourth-order valence-electron chi connectivity index (χ4n) is 2.47. The third-order valence-corrected chi connectivity index (χ3v) is 4.06. The highest BCUT2D eigenvalue weighted by molar-refractivity contribution is 6.21. The van der Waals surface area contributed by atoms with Crippen LogP contribution in [0, 0.1) is 10.8 Å². The summed E-state index contributed by atoms with van der Waals surface area (Å²) in [4.78, 5) is 8.90. The minimum Gasteiger partial charge on any atom is -0.397 e. The quantitative estimate of drug-likeness (QED) is 0.159. The van der Waals surface area contributed by atoms with Crippen LogP contribution in [0.1, 0.15) is 0 Å². The van der Waals surface area contributed by atoms with Crippen molar-refractivity contribution in [1.82, 2.24) is 9.97 Å². The van der Waals surface area contributed by atoms with Crippen LogP contribution in [-0.4, -0.2) is 21.4 Å². The highest BCUT2D eigenvalue weighted by Gasteiger charge is 2.09. The number of hydrogen-bond acceptors (Lipinski definition) is 10. The van der Waals surface area contributed by atoms with E-state index < -0.39 is 0 Å². The smallest absolute Gasteiger partial charge is 0.0916 e. The summed E-state index contributed by atoms with van der Waals surface area (Å²) in [6, 6.07) is 6.79. The third-order valence-electron chi connectivity index (χ3n) is 4.06. The predicted molar refractivity (Wildman–Crippen MR) is 115 cm³/mol. The Hall–Kier alpha value is -4.34. The van der Waals surface area contributed by atoms with Gasteiger partial charge in [0.25, 0.3) is 0 Å². The topological polar surface area (TPSA) is 230 Å². The molecule has 28 heavy (non-hydrogen) atoms. The number of aromatic nitrogens is 2. The first kappa shape index (κ1) is 18.5. The van der Waals surface area contributed by atoms with Gasteiger partial charge in [-0.2, -0.15) is 0 Å². The summed E-state index contributed by atoms with van der Waals surface area (Å²) in [5, 5.41) is 14.3. The van der Waals surface area contributed by atoms with Crippen molar-refractivity contribution in [2.24, 2.45) is 11.5 Å². The van der Waals surface area contributed by atoms with E-state index in [9.17, 15) is 0 Å². The number of hydrogen-bond donors (Lipinski definition) is 8. The fourth-order valence-corrected chi connectivity index (χ4v) is 2.47. The molecule has 3 aromatic rings. The Morgan fingerprint density at radius 1 is 0.500 bits per heavy atom. The van der Waals surface area contributed by atoms with Crippen LogP contribution in [0.25, 0.3) is 22.1 Å². The number of anilines is 4. The van der Waals surface area contributed by atoms with Gasteiger partial charge in [0, 0.05) is 0 Å². The van der Waals surface area contributed by atoms with Gasteiger partial charge in [-0.05, 0) is 36.4 Å². The number of nitrogens with one attached hydrogen (secondary N) is 2. The molecule has 0 aliphatic heterocycles. The van der Waals surface area contributed by atoms with Gasteiger partial charge in [-0.1, -0.05) is 0 Å². The van der Waals surface area contributed by atoms with E-state index in [1.807, 2.05) is 0 Å². The summed E-state index contributed by atoms with van der Waals surface area (Å²) < 4.78 is 0.